The van der Waals surface area contributed by atoms with E-state index in [1.54, 1.807) is 0 Å². The Morgan fingerprint density at radius 1 is 1.03 bits per heavy atom. The van der Waals surface area contributed by atoms with Crippen molar-refractivity contribution in [2.75, 3.05) is 12.5 Å². The van der Waals surface area contributed by atoms with Crippen LogP contribution in [0.5, 0.6) is 11.5 Å². The van der Waals surface area contributed by atoms with Crippen LogP contribution in [0.3, 0.4) is 0 Å². The second kappa shape index (κ2) is 8.36. The summed E-state index contributed by atoms with van der Waals surface area (Å²) in [6.07, 6.45) is 0. The molecule has 1 aliphatic rings. The van der Waals surface area contributed by atoms with Crippen molar-refractivity contribution in [2.24, 2.45) is 0 Å². The fourth-order valence-corrected chi connectivity index (χ4v) is 5.02. The average Bonchev–Trinajstić information content (AvgIpc) is 3.37. The zero-order valence-electron chi connectivity index (χ0n) is 18.3. The summed E-state index contributed by atoms with van der Waals surface area (Å²) >= 11 is 1.49. The molecule has 0 spiro atoms. The van der Waals surface area contributed by atoms with Crippen molar-refractivity contribution in [3.05, 3.63) is 82.7 Å². The number of aryl methyl sites for hydroxylation is 2. The molecule has 5 nitrogen and oxygen atoms in total. The molecule has 0 saturated carbocycles. The highest BCUT2D eigenvalue weighted by Crippen LogP contribution is 2.33. The SMILES string of the molecule is Cc1cc(SCC(=O)c2cc(C)n(Cc3ccc4c(c3)OCO4)c2C)nc2ccccc12. The summed E-state index contributed by atoms with van der Waals surface area (Å²) in [5.74, 6) is 2.03. The van der Waals surface area contributed by atoms with Crippen molar-refractivity contribution in [2.45, 2.75) is 32.3 Å². The lowest BCUT2D eigenvalue weighted by molar-refractivity contribution is 0.102. The number of ketones is 1. The molecule has 0 N–H and O–H groups in total. The molecule has 6 heteroatoms. The third kappa shape index (κ3) is 3.86. The lowest BCUT2D eigenvalue weighted by Crippen LogP contribution is -2.07. The summed E-state index contributed by atoms with van der Waals surface area (Å²) in [5, 5.41) is 2.03. The van der Waals surface area contributed by atoms with E-state index >= 15 is 0 Å². The highest BCUT2D eigenvalue weighted by Gasteiger charge is 2.18. The van der Waals surface area contributed by atoms with Crippen molar-refractivity contribution < 1.29 is 14.3 Å². The Balaban J connectivity index is 1.32. The molecule has 32 heavy (non-hydrogen) atoms. The number of rotatable bonds is 6. The summed E-state index contributed by atoms with van der Waals surface area (Å²) in [5.41, 5.74) is 6.06. The van der Waals surface area contributed by atoms with E-state index in [1.807, 2.05) is 56.3 Å². The lowest BCUT2D eigenvalue weighted by atomic mass is 10.1. The third-order valence-electron chi connectivity index (χ3n) is 5.90. The summed E-state index contributed by atoms with van der Waals surface area (Å²) < 4.78 is 13.1. The maximum absolute atomic E-state index is 13.1. The number of benzene rings is 2. The number of hydrogen-bond acceptors (Lipinski definition) is 5. The highest BCUT2D eigenvalue weighted by molar-refractivity contribution is 7.99. The number of para-hydroxylation sites is 1. The van der Waals surface area contributed by atoms with Crippen molar-refractivity contribution in [1.82, 2.24) is 9.55 Å². The molecular weight excluding hydrogens is 420 g/mol. The van der Waals surface area contributed by atoms with Gasteiger partial charge in [-0.05, 0) is 62.2 Å². The summed E-state index contributed by atoms with van der Waals surface area (Å²) in [4.78, 5) is 17.8. The van der Waals surface area contributed by atoms with Crippen LogP contribution < -0.4 is 9.47 Å². The third-order valence-corrected chi connectivity index (χ3v) is 6.81. The molecule has 0 saturated heterocycles. The number of fused-ring (bicyclic) bond motifs is 2. The van der Waals surface area contributed by atoms with Crippen LogP contribution in [-0.4, -0.2) is 27.9 Å². The quantitative estimate of drug-likeness (QED) is 0.281. The second-order valence-electron chi connectivity index (χ2n) is 8.06. The maximum Gasteiger partial charge on any atom is 0.231 e. The maximum atomic E-state index is 13.1. The summed E-state index contributed by atoms with van der Waals surface area (Å²) in [7, 11) is 0. The molecule has 3 heterocycles. The van der Waals surface area contributed by atoms with E-state index in [-0.39, 0.29) is 12.6 Å². The minimum Gasteiger partial charge on any atom is -0.454 e. The Kier molecular flexibility index (Phi) is 5.39. The zero-order chi connectivity index (χ0) is 22.2. The van der Waals surface area contributed by atoms with Gasteiger partial charge < -0.3 is 14.0 Å². The van der Waals surface area contributed by atoms with Gasteiger partial charge in [0.1, 0.15) is 0 Å². The Labute approximate surface area is 191 Å². The van der Waals surface area contributed by atoms with E-state index in [0.717, 1.165) is 49.9 Å². The first kappa shape index (κ1) is 20.6. The van der Waals surface area contributed by atoms with Gasteiger partial charge in [-0.3, -0.25) is 4.79 Å². The molecule has 0 unspecified atom stereocenters. The van der Waals surface area contributed by atoms with E-state index in [0.29, 0.717) is 12.3 Å². The summed E-state index contributed by atoms with van der Waals surface area (Å²) in [6.45, 7) is 7.08. The fraction of sp³-hybridized carbons (Fsp3) is 0.231. The standard InChI is InChI=1S/C26H24N2O3S/c1-16-10-26(27-22-7-5-4-6-20(16)22)32-14-23(29)21-11-17(2)28(18(21)3)13-19-8-9-24-25(12-19)31-15-30-24/h4-12H,13-15H2,1-3H3. The number of aromatic nitrogens is 2. The predicted molar refractivity (Wildman–Crippen MR) is 127 cm³/mol. The fourth-order valence-electron chi connectivity index (χ4n) is 4.16. The number of carbonyl (C=O) groups is 1. The number of nitrogens with zero attached hydrogens (tertiary/aromatic N) is 2. The van der Waals surface area contributed by atoms with Crippen LogP contribution >= 0.6 is 11.8 Å². The first-order valence-corrected chi connectivity index (χ1v) is 11.6. The molecule has 0 radical (unpaired) electrons. The number of pyridine rings is 1. The molecule has 4 aromatic rings. The minimum absolute atomic E-state index is 0.118. The second-order valence-corrected chi connectivity index (χ2v) is 9.06. The molecular formula is C26H24N2O3S. The Morgan fingerprint density at radius 3 is 2.72 bits per heavy atom. The van der Waals surface area contributed by atoms with E-state index in [9.17, 15) is 4.79 Å². The van der Waals surface area contributed by atoms with Gasteiger partial charge in [0.05, 0.1) is 16.3 Å². The van der Waals surface area contributed by atoms with E-state index in [1.165, 1.54) is 17.3 Å². The van der Waals surface area contributed by atoms with E-state index in [2.05, 4.69) is 23.6 Å². The van der Waals surface area contributed by atoms with Gasteiger partial charge in [0.15, 0.2) is 17.3 Å². The molecule has 2 aromatic carbocycles. The van der Waals surface area contributed by atoms with Crippen molar-refractivity contribution in [1.29, 1.82) is 0 Å². The molecule has 0 aliphatic carbocycles. The van der Waals surface area contributed by atoms with Gasteiger partial charge in [0.25, 0.3) is 0 Å². The molecule has 0 amide bonds. The van der Waals surface area contributed by atoms with E-state index < -0.39 is 0 Å². The minimum atomic E-state index is 0.118. The molecule has 0 bridgehead atoms. The normalized spacial score (nSPS) is 12.5. The van der Waals surface area contributed by atoms with Gasteiger partial charge in [-0.1, -0.05) is 36.0 Å². The molecule has 5 rings (SSSR count). The summed E-state index contributed by atoms with van der Waals surface area (Å²) in [6, 6.07) is 18.1. The number of thioether (sulfide) groups is 1. The van der Waals surface area contributed by atoms with Crippen LogP contribution in [0, 0.1) is 20.8 Å². The van der Waals surface area contributed by atoms with Crippen LogP contribution in [0.15, 0.2) is 59.6 Å². The predicted octanol–water partition coefficient (Wildman–Crippen LogP) is 5.71. The van der Waals surface area contributed by atoms with E-state index in [4.69, 9.17) is 14.5 Å². The van der Waals surface area contributed by atoms with Crippen molar-refractivity contribution in [3.8, 4) is 11.5 Å². The van der Waals surface area contributed by atoms with Gasteiger partial charge >= 0.3 is 0 Å². The molecule has 0 atom stereocenters. The molecule has 162 valence electrons. The number of carbonyl (C=O) groups excluding carboxylic acids is 1. The first-order valence-electron chi connectivity index (χ1n) is 10.6. The Bertz CT molecular complexity index is 1340. The van der Waals surface area contributed by atoms with Crippen LogP contribution in [0.4, 0.5) is 0 Å². The van der Waals surface area contributed by atoms with Gasteiger partial charge in [0.2, 0.25) is 6.79 Å². The highest BCUT2D eigenvalue weighted by atomic mass is 32.2. The monoisotopic (exact) mass is 444 g/mol. The van der Waals surface area contributed by atoms with Gasteiger partial charge in [-0.15, -0.1) is 0 Å². The number of ether oxygens (including phenoxy) is 2. The van der Waals surface area contributed by atoms with Crippen molar-refractivity contribution in [3.63, 3.8) is 0 Å². The molecule has 2 aromatic heterocycles. The number of Topliss-reactive ketones (excluding diaryl/α,β-unsaturated/α-hetero) is 1. The molecule has 1 aliphatic heterocycles. The Morgan fingerprint density at radius 2 is 1.84 bits per heavy atom. The van der Waals surface area contributed by atoms with Gasteiger partial charge in [-0.25, -0.2) is 4.98 Å². The Hall–Kier alpha value is -3.25. The van der Waals surface area contributed by atoms with Crippen LogP contribution in [0.2, 0.25) is 0 Å². The smallest absolute Gasteiger partial charge is 0.231 e. The van der Waals surface area contributed by atoms with Crippen LogP contribution in [0.25, 0.3) is 10.9 Å². The van der Waals surface area contributed by atoms with Crippen LogP contribution in [-0.2, 0) is 6.54 Å². The zero-order valence-corrected chi connectivity index (χ0v) is 19.2. The number of hydrogen-bond donors (Lipinski definition) is 0. The lowest BCUT2D eigenvalue weighted by Gasteiger charge is -2.11. The topological polar surface area (TPSA) is 53.4 Å². The van der Waals surface area contributed by atoms with Crippen LogP contribution in [0.1, 0.15) is 32.9 Å². The average molecular weight is 445 g/mol. The van der Waals surface area contributed by atoms with Gasteiger partial charge in [-0.2, -0.15) is 0 Å². The van der Waals surface area contributed by atoms with Crippen molar-refractivity contribution >= 4 is 28.4 Å². The van der Waals surface area contributed by atoms with Gasteiger partial charge in [0, 0.05) is 28.9 Å². The first-order chi connectivity index (χ1) is 15.5. The molecule has 0 fully saturated rings. The largest absolute Gasteiger partial charge is 0.454 e.